The molecule has 3 aromatic carbocycles. The number of carbonyl (C=O) groups is 1. The van der Waals surface area contributed by atoms with Crippen molar-refractivity contribution in [2.45, 2.75) is 45.2 Å². The van der Waals surface area contributed by atoms with E-state index in [0.717, 1.165) is 21.0 Å². The molecule has 0 aromatic heterocycles. The highest BCUT2D eigenvalue weighted by Crippen LogP contribution is 2.29. The Labute approximate surface area is 222 Å². The van der Waals surface area contributed by atoms with Crippen molar-refractivity contribution in [3.63, 3.8) is 0 Å². The lowest BCUT2D eigenvalue weighted by Gasteiger charge is -2.25. The third kappa shape index (κ3) is 6.57. The highest BCUT2D eigenvalue weighted by Gasteiger charge is 2.29. The van der Waals surface area contributed by atoms with Crippen LogP contribution in [-0.4, -0.2) is 25.2 Å². The Kier molecular flexibility index (Phi) is 8.89. The van der Waals surface area contributed by atoms with E-state index < -0.39 is 22.5 Å². The summed E-state index contributed by atoms with van der Waals surface area (Å²) in [5.41, 5.74) is 4.73. The molecule has 1 unspecified atom stereocenters. The predicted octanol–water partition coefficient (Wildman–Crippen LogP) is 6.64. The molecule has 0 saturated carbocycles. The molecule has 9 heteroatoms. The molecule has 0 aliphatic carbocycles. The summed E-state index contributed by atoms with van der Waals surface area (Å²) < 4.78 is 28.1. The number of nitrogens with one attached hydrogen (secondary N) is 1. The minimum atomic E-state index is -4.07. The van der Waals surface area contributed by atoms with Gasteiger partial charge >= 0.3 is 0 Å². The van der Waals surface area contributed by atoms with Gasteiger partial charge in [-0.1, -0.05) is 53.0 Å². The number of hydrogen-bond donors (Lipinski definition) is 1. The Balaban J connectivity index is 1.91. The molecule has 1 amide bonds. The van der Waals surface area contributed by atoms with Crippen molar-refractivity contribution >= 4 is 50.7 Å². The third-order valence-electron chi connectivity index (χ3n) is 5.89. The van der Waals surface area contributed by atoms with E-state index in [1.165, 1.54) is 29.8 Å². The molecular weight excluding hydrogens is 527 g/mol. The first-order chi connectivity index (χ1) is 16.4. The molecule has 0 spiro atoms. The number of sulfonamides is 1. The molecule has 0 aliphatic rings. The Morgan fingerprint density at radius 3 is 2.09 bits per heavy atom. The molecule has 0 bridgehead atoms. The molecule has 0 radical (unpaired) electrons. The van der Waals surface area contributed by atoms with Gasteiger partial charge in [-0.25, -0.2) is 8.42 Å². The van der Waals surface area contributed by atoms with Crippen LogP contribution in [0.5, 0.6) is 0 Å². The molecule has 5 nitrogen and oxygen atoms in total. The van der Waals surface area contributed by atoms with E-state index >= 15 is 0 Å². The average Bonchev–Trinajstić information content (AvgIpc) is 2.78. The van der Waals surface area contributed by atoms with Gasteiger partial charge in [0, 0.05) is 27.2 Å². The zero-order valence-corrected chi connectivity index (χ0v) is 23.0. The first kappa shape index (κ1) is 27.5. The Bertz CT molecular complexity index is 1320. The van der Waals surface area contributed by atoms with Crippen molar-refractivity contribution in [3.05, 3.63) is 97.5 Å². The molecule has 0 saturated heterocycles. The second-order valence-corrected chi connectivity index (χ2v) is 11.7. The molecule has 1 atom stereocenters. The second kappa shape index (κ2) is 11.3. The highest BCUT2D eigenvalue weighted by molar-refractivity contribution is 7.89. The van der Waals surface area contributed by atoms with Crippen molar-refractivity contribution in [1.29, 1.82) is 0 Å². The van der Waals surface area contributed by atoms with Crippen LogP contribution >= 0.6 is 34.8 Å². The summed E-state index contributed by atoms with van der Waals surface area (Å²) >= 11 is 18.6. The van der Waals surface area contributed by atoms with E-state index in [-0.39, 0.29) is 17.5 Å². The predicted molar refractivity (Wildman–Crippen MR) is 143 cm³/mol. The van der Waals surface area contributed by atoms with Crippen molar-refractivity contribution in [3.8, 4) is 0 Å². The van der Waals surface area contributed by atoms with Gasteiger partial charge in [-0.2, -0.15) is 4.31 Å². The standard InChI is InChI=1S/C26H27Cl3N2O3S/c1-16-12-18(3)22(13-17(16)2)19(4)30-26(32)15-31(14-23-24(28)6-5-7-25(23)29)35(33,34)21-10-8-20(27)9-11-21/h5-13,19H,14-15H2,1-4H3,(H,30,32). The minimum Gasteiger partial charge on any atom is -0.348 e. The molecule has 0 heterocycles. The highest BCUT2D eigenvalue weighted by atomic mass is 35.5. The molecule has 3 rings (SSSR count). The van der Waals surface area contributed by atoms with Gasteiger partial charge < -0.3 is 5.32 Å². The number of halogens is 3. The Hall–Kier alpha value is -2.09. The lowest BCUT2D eigenvalue weighted by atomic mass is 9.96. The van der Waals surface area contributed by atoms with Crippen LogP contribution in [0.4, 0.5) is 0 Å². The topological polar surface area (TPSA) is 66.5 Å². The van der Waals surface area contributed by atoms with Crippen molar-refractivity contribution in [2.75, 3.05) is 6.54 Å². The summed E-state index contributed by atoms with van der Waals surface area (Å²) in [6.07, 6.45) is 0. The number of benzene rings is 3. The van der Waals surface area contributed by atoms with Crippen LogP contribution in [0.25, 0.3) is 0 Å². The number of aryl methyl sites for hydroxylation is 3. The van der Waals surface area contributed by atoms with E-state index in [1.54, 1.807) is 18.2 Å². The third-order valence-corrected chi connectivity index (χ3v) is 8.66. The van der Waals surface area contributed by atoms with Gasteiger partial charge in [0.1, 0.15) is 0 Å². The maximum Gasteiger partial charge on any atom is 0.243 e. The lowest BCUT2D eigenvalue weighted by molar-refractivity contribution is -0.122. The maximum atomic E-state index is 13.5. The molecule has 35 heavy (non-hydrogen) atoms. The van der Waals surface area contributed by atoms with Gasteiger partial charge in [-0.15, -0.1) is 0 Å². The van der Waals surface area contributed by atoms with Gasteiger partial charge in [0.05, 0.1) is 17.5 Å². The van der Waals surface area contributed by atoms with Crippen molar-refractivity contribution < 1.29 is 13.2 Å². The van der Waals surface area contributed by atoms with E-state index in [2.05, 4.69) is 11.4 Å². The van der Waals surface area contributed by atoms with E-state index in [9.17, 15) is 13.2 Å². The van der Waals surface area contributed by atoms with Crippen LogP contribution in [0, 0.1) is 20.8 Å². The fourth-order valence-corrected chi connectivity index (χ4v) is 5.82. The molecule has 0 fully saturated rings. The van der Waals surface area contributed by atoms with E-state index in [0.29, 0.717) is 20.6 Å². The first-order valence-corrected chi connectivity index (χ1v) is 13.5. The number of hydrogen-bond acceptors (Lipinski definition) is 3. The van der Waals surface area contributed by atoms with E-state index in [4.69, 9.17) is 34.8 Å². The fourth-order valence-electron chi connectivity index (χ4n) is 3.82. The smallest absolute Gasteiger partial charge is 0.243 e. The number of carbonyl (C=O) groups excluding carboxylic acids is 1. The number of nitrogens with zero attached hydrogens (tertiary/aromatic N) is 1. The van der Waals surface area contributed by atoms with Crippen molar-refractivity contribution in [2.24, 2.45) is 0 Å². The second-order valence-electron chi connectivity index (χ2n) is 8.51. The number of amides is 1. The molecule has 3 aromatic rings. The Morgan fingerprint density at radius 1 is 0.914 bits per heavy atom. The summed E-state index contributed by atoms with van der Waals surface area (Å²) in [6, 6.07) is 14.5. The van der Waals surface area contributed by atoms with Crippen LogP contribution in [0.2, 0.25) is 15.1 Å². The van der Waals surface area contributed by atoms with Crippen LogP contribution in [0.3, 0.4) is 0 Å². The monoisotopic (exact) mass is 552 g/mol. The molecule has 0 aliphatic heterocycles. The van der Waals surface area contributed by atoms with Gasteiger partial charge in [0.25, 0.3) is 0 Å². The summed E-state index contributed by atoms with van der Waals surface area (Å²) in [7, 11) is -4.07. The quantitative estimate of drug-likeness (QED) is 0.340. The summed E-state index contributed by atoms with van der Waals surface area (Å²) in [5, 5.41) is 3.96. The number of rotatable bonds is 8. The van der Waals surface area contributed by atoms with E-state index in [1.807, 2.05) is 33.8 Å². The first-order valence-electron chi connectivity index (χ1n) is 11.0. The Morgan fingerprint density at radius 2 is 1.49 bits per heavy atom. The zero-order chi connectivity index (χ0) is 25.9. The van der Waals surface area contributed by atoms with Crippen LogP contribution in [-0.2, 0) is 21.4 Å². The van der Waals surface area contributed by atoms with Gasteiger partial charge in [-0.05, 0) is 86.3 Å². The SMILES string of the molecule is Cc1cc(C)c(C(C)NC(=O)CN(Cc2c(Cl)cccc2Cl)S(=O)(=O)c2ccc(Cl)cc2)cc1C. The molecule has 186 valence electrons. The lowest BCUT2D eigenvalue weighted by Crippen LogP contribution is -2.41. The fraction of sp³-hybridized carbons (Fsp3) is 0.269. The average molecular weight is 554 g/mol. The zero-order valence-electron chi connectivity index (χ0n) is 19.9. The van der Waals surface area contributed by atoms with Crippen LogP contribution in [0.1, 0.15) is 40.8 Å². The normalized spacial score (nSPS) is 12.6. The van der Waals surface area contributed by atoms with Gasteiger partial charge in [-0.3, -0.25) is 4.79 Å². The maximum absolute atomic E-state index is 13.5. The summed E-state index contributed by atoms with van der Waals surface area (Å²) in [5.74, 6) is -0.448. The summed E-state index contributed by atoms with van der Waals surface area (Å²) in [4.78, 5) is 13.1. The summed E-state index contributed by atoms with van der Waals surface area (Å²) in [6.45, 7) is 7.32. The van der Waals surface area contributed by atoms with Crippen LogP contribution < -0.4 is 5.32 Å². The van der Waals surface area contributed by atoms with Crippen molar-refractivity contribution in [1.82, 2.24) is 9.62 Å². The molecular formula is C26H27Cl3N2O3S. The van der Waals surface area contributed by atoms with Gasteiger partial charge in [0.15, 0.2) is 0 Å². The molecule has 1 N–H and O–H groups in total. The van der Waals surface area contributed by atoms with Crippen LogP contribution in [0.15, 0.2) is 59.5 Å². The minimum absolute atomic E-state index is 0.0101. The van der Waals surface area contributed by atoms with Gasteiger partial charge in [0.2, 0.25) is 15.9 Å². The largest absolute Gasteiger partial charge is 0.348 e.